The number of aliphatic imine (C=N–C) groups is 1. The van der Waals surface area contributed by atoms with E-state index in [0.717, 1.165) is 17.7 Å². The molecule has 0 aliphatic carbocycles. The minimum atomic E-state index is -0.591. The molecule has 152 valence electrons. The van der Waals surface area contributed by atoms with Crippen LogP contribution in [0, 0.1) is 5.82 Å². The predicted octanol–water partition coefficient (Wildman–Crippen LogP) is 5.91. The van der Waals surface area contributed by atoms with Crippen molar-refractivity contribution in [2.24, 2.45) is 4.99 Å². The Morgan fingerprint density at radius 2 is 1.72 bits per heavy atom. The Morgan fingerprint density at radius 3 is 2.48 bits per heavy atom. The van der Waals surface area contributed by atoms with Gasteiger partial charge in [0.2, 0.25) is 5.90 Å². The molecule has 2 aromatic carbocycles. The topological polar surface area (TPSA) is 47.9 Å². The van der Waals surface area contributed by atoms with Crippen LogP contribution in [0.2, 0.25) is 0 Å². The molecule has 5 heteroatoms. The number of rotatable bonds is 10. The lowest BCUT2D eigenvalue weighted by molar-refractivity contribution is -0.129. The Kier molecular flexibility index (Phi) is 7.56. The molecule has 1 heterocycles. The van der Waals surface area contributed by atoms with E-state index in [1.165, 1.54) is 44.2 Å². The van der Waals surface area contributed by atoms with Gasteiger partial charge in [0.25, 0.3) is 0 Å². The molecule has 0 N–H and O–H groups in total. The Labute approximate surface area is 171 Å². The van der Waals surface area contributed by atoms with E-state index in [2.05, 4.69) is 11.9 Å². The predicted molar refractivity (Wildman–Crippen MR) is 112 cm³/mol. The van der Waals surface area contributed by atoms with Crippen molar-refractivity contribution in [3.63, 3.8) is 0 Å². The molecule has 0 spiro atoms. The molecule has 2 aromatic rings. The van der Waals surface area contributed by atoms with Gasteiger partial charge in [-0.25, -0.2) is 14.2 Å². The van der Waals surface area contributed by atoms with E-state index >= 15 is 0 Å². The van der Waals surface area contributed by atoms with Gasteiger partial charge in [-0.2, -0.15) is 0 Å². The van der Waals surface area contributed by atoms with Crippen molar-refractivity contribution >= 4 is 17.9 Å². The maximum Gasteiger partial charge on any atom is 0.363 e. The molecule has 0 aromatic heterocycles. The third kappa shape index (κ3) is 6.01. The molecule has 0 atom stereocenters. The van der Waals surface area contributed by atoms with Gasteiger partial charge >= 0.3 is 5.97 Å². The van der Waals surface area contributed by atoms with Crippen LogP contribution in [0.4, 0.5) is 4.39 Å². The molecule has 3 rings (SSSR count). The van der Waals surface area contributed by atoms with E-state index in [0.29, 0.717) is 6.61 Å². The summed E-state index contributed by atoms with van der Waals surface area (Å²) in [5, 5.41) is 0. The maximum absolute atomic E-state index is 13.9. The van der Waals surface area contributed by atoms with Crippen LogP contribution >= 0.6 is 0 Å². The summed E-state index contributed by atoms with van der Waals surface area (Å²) in [5.41, 5.74) is 1.11. The summed E-state index contributed by atoms with van der Waals surface area (Å²) < 4.78 is 24.7. The van der Waals surface area contributed by atoms with Crippen molar-refractivity contribution < 1.29 is 18.7 Å². The first kappa shape index (κ1) is 20.8. The minimum absolute atomic E-state index is 0.0155. The van der Waals surface area contributed by atoms with E-state index in [4.69, 9.17) is 9.47 Å². The van der Waals surface area contributed by atoms with Crippen LogP contribution in [-0.2, 0) is 9.53 Å². The van der Waals surface area contributed by atoms with Crippen molar-refractivity contribution in [3.05, 3.63) is 71.2 Å². The maximum atomic E-state index is 13.9. The van der Waals surface area contributed by atoms with Crippen molar-refractivity contribution in [1.82, 2.24) is 0 Å². The van der Waals surface area contributed by atoms with E-state index < -0.39 is 11.8 Å². The van der Waals surface area contributed by atoms with E-state index in [-0.39, 0.29) is 17.2 Å². The van der Waals surface area contributed by atoms with Gasteiger partial charge in [0.05, 0.1) is 12.2 Å². The van der Waals surface area contributed by atoms with Crippen molar-refractivity contribution in [3.8, 4) is 5.75 Å². The molecule has 0 radical (unpaired) electrons. The number of hydrogen-bond donors (Lipinski definition) is 0. The second-order valence-electron chi connectivity index (χ2n) is 7.00. The summed E-state index contributed by atoms with van der Waals surface area (Å²) >= 11 is 0. The third-order valence-electron chi connectivity index (χ3n) is 4.67. The number of benzene rings is 2. The van der Waals surface area contributed by atoms with Crippen LogP contribution in [0.1, 0.15) is 56.6 Å². The average molecular weight is 395 g/mol. The van der Waals surface area contributed by atoms with Gasteiger partial charge < -0.3 is 9.47 Å². The van der Waals surface area contributed by atoms with Gasteiger partial charge in [0, 0.05) is 0 Å². The average Bonchev–Trinajstić information content (AvgIpc) is 3.09. The van der Waals surface area contributed by atoms with Crippen molar-refractivity contribution in [2.75, 3.05) is 6.61 Å². The smallest absolute Gasteiger partial charge is 0.363 e. The first-order valence-electron chi connectivity index (χ1n) is 10.2. The van der Waals surface area contributed by atoms with Gasteiger partial charge in [-0.1, -0.05) is 63.3 Å². The van der Waals surface area contributed by atoms with Crippen molar-refractivity contribution in [1.29, 1.82) is 0 Å². The van der Waals surface area contributed by atoms with E-state index in [1.54, 1.807) is 18.2 Å². The number of carbonyl (C=O) groups excluding carboxylic acids is 1. The highest BCUT2D eigenvalue weighted by Gasteiger charge is 2.25. The van der Waals surface area contributed by atoms with Crippen molar-refractivity contribution in [2.45, 2.75) is 45.4 Å². The summed E-state index contributed by atoms with van der Waals surface area (Å²) in [7, 11) is 0. The van der Waals surface area contributed by atoms with Crippen LogP contribution in [0.25, 0.3) is 6.08 Å². The molecule has 1 aliphatic heterocycles. The monoisotopic (exact) mass is 395 g/mol. The number of carbonyl (C=O) groups is 1. The number of ether oxygens (including phenoxy) is 2. The molecule has 0 saturated carbocycles. The zero-order valence-corrected chi connectivity index (χ0v) is 16.7. The lowest BCUT2D eigenvalue weighted by atomic mass is 10.1. The van der Waals surface area contributed by atoms with Gasteiger partial charge in [0.1, 0.15) is 11.6 Å². The fourth-order valence-electron chi connectivity index (χ4n) is 3.05. The van der Waals surface area contributed by atoms with Crippen LogP contribution < -0.4 is 4.74 Å². The van der Waals surface area contributed by atoms with Crippen LogP contribution in [0.3, 0.4) is 0 Å². The number of halogens is 1. The lowest BCUT2D eigenvalue weighted by Gasteiger charge is -2.06. The highest BCUT2D eigenvalue weighted by atomic mass is 19.1. The number of cyclic esters (lactones) is 1. The summed E-state index contributed by atoms with van der Waals surface area (Å²) in [5.74, 6) is -0.290. The quantitative estimate of drug-likeness (QED) is 0.285. The second-order valence-corrected chi connectivity index (χ2v) is 7.00. The Morgan fingerprint density at radius 1 is 1.00 bits per heavy atom. The first-order chi connectivity index (χ1) is 14.2. The molecule has 0 unspecified atom stereocenters. The Bertz CT molecular complexity index is 887. The summed E-state index contributed by atoms with van der Waals surface area (Å²) in [6.07, 6.45) is 8.97. The number of esters is 1. The molecule has 29 heavy (non-hydrogen) atoms. The van der Waals surface area contributed by atoms with E-state index in [1.807, 2.05) is 24.3 Å². The normalized spacial score (nSPS) is 14.8. The second kappa shape index (κ2) is 10.6. The highest BCUT2D eigenvalue weighted by molar-refractivity contribution is 6.12. The van der Waals surface area contributed by atoms with Crippen LogP contribution in [-0.4, -0.2) is 18.5 Å². The third-order valence-corrected chi connectivity index (χ3v) is 4.67. The molecular weight excluding hydrogens is 369 g/mol. The molecular formula is C24H26FNO3. The number of unbranched alkanes of at least 4 members (excludes halogenated alkanes) is 5. The summed E-state index contributed by atoms with van der Waals surface area (Å²) in [6, 6.07) is 13.5. The molecule has 0 saturated heterocycles. The molecule has 0 amide bonds. The fraction of sp³-hybridized carbons (Fsp3) is 0.333. The standard InChI is InChI=1S/C24H26FNO3/c1-2-3-4-5-6-9-16-28-19-14-12-18(13-15-19)17-22-24(27)29-23(26-22)20-10-7-8-11-21(20)25/h7-8,10-15,17H,2-6,9,16H2,1H3. The summed E-state index contributed by atoms with van der Waals surface area (Å²) in [4.78, 5) is 16.2. The largest absolute Gasteiger partial charge is 0.494 e. The van der Waals surface area contributed by atoms with Gasteiger partial charge in [-0.05, 0) is 42.3 Å². The number of nitrogens with zero attached hydrogens (tertiary/aromatic N) is 1. The van der Waals surface area contributed by atoms with E-state index in [9.17, 15) is 9.18 Å². The SMILES string of the molecule is CCCCCCCCOc1ccc(C=C2N=C(c3ccccc3F)OC2=O)cc1. The minimum Gasteiger partial charge on any atom is -0.494 e. The number of hydrogen-bond acceptors (Lipinski definition) is 4. The molecule has 0 fully saturated rings. The fourth-order valence-corrected chi connectivity index (χ4v) is 3.05. The van der Waals surface area contributed by atoms with Gasteiger partial charge in [0.15, 0.2) is 5.70 Å². The van der Waals surface area contributed by atoms with Gasteiger partial charge in [-0.3, -0.25) is 0 Å². The Balaban J connectivity index is 1.55. The molecule has 1 aliphatic rings. The molecule has 0 bridgehead atoms. The van der Waals surface area contributed by atoms with Crippen LogP contribution in [0.15, 0.2) is 59.2 Å². The molecule has 4 nitrogen and oxygen atoms in total. The lowest BCUT2D eigenvalue weighted by Crippen LogP contribution is -2.07. The zero-order chi connectivity index (χ0) is 20.5. The Hall–Kier alpha value is -2.95. The first-order valence-corrected chi connectivity index (χ1v) is 10.2. The van der Waals surface area contributed by atoms with Gasteiger partial charge in [-0.15, -0.1) is 0 Å². The van der Waals surface area contributed by atoms with Crippen LogP contribution in [0.5, 0.6) is 5.75 Å². The zero-order valence-electron chi connectivity index (χ0n) is 16.7. The highest BCUT2D eigenvalue weighted by Crippen LogP contribution is 2.22. The summed E-state index contributed by atoms with van der Waals surface area (Å²) in [6.45, 7) is 2.92.